The third kappa shape index (κ3) is 3.05. The standard InChI is InChI=1S/C21H21N5O2/c1-3-14-8-7-9-15(12-14)22-19(27)13-25-16-10-5-6-11-17(16)26-18(4-2)23-24-20(26)21(25)28/h5-12H,3-4,13H2,1-2H3,(H,22,27). The average Bonchev–Trinajstić information content (AvgIpc) is 3.16. The van der Waals surface area contributed by atoms with E-state index in [2.05, 4.69) is 22.4 Å². The Labute approximate surface area is 161 Å². The zero-order valence-electron chi connectivity index (χ0n) is 15.8. The van der Waals surface area contributed by atoms with E-state index in [1.165, 1.54) is 4.57 Å². The van der Waals surface area contributed by atoms with Crippen molar-refractivity contribution in [3.63, 3.8) is 0 Å². The lowest BCUT2D eigenvalue weighted by atomic mass is 10.1. The summed E-state index contributed by atoms with van der Waals surface area (Å²) in [6, 6.07) is 15.2. The van der Waals surface area contributed by atoms with Gasteiger partial charge in [0, 0.05) is 12.1 Å². The number of nitrogens with one attached hydrogen (secondary N) is 1. The molecule has 4 rings (SSSR count). The van der Waals surface area contributed by atoms with Crippen molar-refractivity contribution < 1.29 is 4.79 Å². The van der Waals surface area contributed by atoms with E-state index in [1.807, 2.05) is 55.5 Å². The lowest BCUT2D eigenvalue weighted by Gasteiger charge is -2.13. The predicted octanol–water partition coefficient (Wildman–Crippen LogP) is 2.81. The topological polar surface area (TPSA) is 81.3 Å². The first-order valence-electron chi connectivity index (χ1n) is 9.36. The van der Waals surface area contributed by atoms with Gasteiger partial charge in [-0.05, 0) is 36.2 Å². The summed E-state index contributed by atoms with van der Waals surface area (Å²) in [4.78, 5) is 25.7. The van der Waals surface area contributed by atoms with E-state index < -0.39 is 0 Å². The van der Waals surface area contributed by atoms with Gasteiger partial charge in [0.1, 0.15) is 12.4 Å². The van der Waals surface area contributed by atoms with Crippen molar-refractivity contribution in [1.29, 1.82) is 0 Å². The number of benzene rings is 2. The molecule has 2 aromatic heterocycles. The SMILES string of the molecule is CCc1cccc(NC(=O)Cn2c(=O)c3nnc(CC)n3c3ccccc32)c1. The van der Waals surface area contributed by atoms with Crippen molar-refractivity contribution >= 4 is 28.3 Å². The number of aryl methyl sites for hydroxylation is 2. The van der Waals surface area contributed by atoms with Crippen LogP contribution in [0.3, 0.4) is 0 Å². The maximum absolute atomic E-state index is 13.0. The van der Waals surface area contributed by atoms with E-state index >= 15 is 0 Å². The summed E-state index contributed by atoms with van der Waals surface area (Å²) < 4.78 is 3.23. The first-order valence-corrected chi connectivity index (χ1v) is 9.36. The quantitative estimate of drug-likeness (QED) is 0.582. The summed E-state index contributed by atoms with van der Waals surface area (Å²) in [5.41, 5.74) is 3.24. The van der Waals surface area contributed by atoms with Crippen LogP contribution >= 0.6 is 0 Å². The van der Waals surface area contributed by atoms with Crippen molar-refractivity contribution in [2.45, 2.75) is 33.2 Å². The summed E-state index contributed by atoms with van der Waals surface area (Å²) in [6.45, 7) is 3.93. The molecule has 4 aromatic rings. The van der Waals surface area contributed by atoms with Crippen LogP contribution in [0.2, 0.25) is 0 Å². The summed E-state index contributed by atoms with van der Waals surface area (Å²) in [5.74, 6) is 0.455. The van der Waals surface area contributed by atoms with Gasteiger partial charge >= 0.3 is 0 Å². The highest BCUT2D eigenvalue weighted by Crippen LogP contribution is 2.16. The molecule has 0 atom stereocenters. The molecule has 0 unspecified atom stereocenters. The number of anilines is 1. The van der Waals surface area contributed by atoms with Gasteiger partial charge in [0.15, 0.2) is 0 Å². The van der Waals surface area contributed by atoms with E-state index in [-0.39, 0.29) is 23.7 Å². The molecule has 7 heteroatoms. The molecule has 142 valence electrons. The smallest absolute Gasteiger partial charge is 0.297 e. The van der Waals surface area contributed by atoms with Gasteiger partial charge in [-0.15, -0.1) is 10.2 Å². The van der Waals surface area contributed by atoms with Crippen LogP contribution in [0.15, 0.2) is 53.3 Å². The fourth-order valence-electron chi connectivity index (χ4n) is 3.42. The lowest BCUT2D eigenvalue weighted by molar-refractivity contribution is -0.116. The van der Waals surface area contributed by atoms with Crippen molar-refractivity contribution in [2.75, 3.05) is 5.32 Å². The van der Waals surface area contributed by atoms with Crippen molar-refractivity contribution in [1.82, 2.24) is 19.2 Å². The Balaban J connectivity index is 1.76. The van der Waals surface area contributed by atoms with Crippen LogP contribution in [0.25, 0.3) is 16.7 Å². The summed E-state index contributed by atoms with van der Waals surface area (Å²) >= 11 is 0. The molecule has 0 spiro atoms. The molecular formula is C21H21N5O2. The molecule has 0 aliphatic heterocycles. The maximum atomic E-state index is 13.0. The zero-order valence-corrected chi connectivity index (χ0v) is 15.8. The monoisotopic (exact) mass is 375 g/mol. The van der Waals surface area contributed by atoms with Gasteiger partial charge in [0.05, 0.1) is 11.0 Å². The van der Waals surface area contributed by atoms with Gasteiger partial charge < -0.3 is 5.32 Å². The second-order valence-electron chi connectivity index (χ2n) is 6.61. The van der Waals surface area contributed by atoms with E-state index in [4.69, 9.17) is 0 Å². The fraction of sp³-hybridized carbons (Fsp3) is 0.238. The third-order valence-corrected chi connectivity index (χ3v) is 4.82. The van der Waals surface area contributed by atoms with Crippen LogP contribution in [0.4, 0.5) is 5.69 Å². The molecule has 0 bridgehead atoms. The Morgan fingerprint density at radius 1 is 1.00 bits per heavy atom. The van der Waals surface area contributed by atoms with Crippen molar-refractivity contribution in [2.24, 2.45) is 0 Å². The molecule has 1 amide bonds. The molecule has 0 saturated carbocycles. The fourth-order valence-corrected chi connectivity index (χ4v) is 3.42. The van der Waals surface area contributed by atoms with Crippen LogP contribution in [-0.4, -0.2) is 25.1 Å². The van der Waals surface area contributed by atoms with Gasteiger partial charge in [-0.3, -0.25) is 18.6 Å². The number of rotatable bonds is 5. The number of fused-ring (bicyclic) bond motifs is 3. The normalized spacial score (nSPS) is 11.2. The first kappa shape index (κ1) is 17.9. The minimum Gasteiger partial charge on any atom is -0.325 e. The molecule has 0 aliphatic rings. The molecule has 0 radical (unpaired) electrons. The molecule has 28 heavy (non-hydrogen) atoms. The minimum atomic E-state index is -0.330. The van der Waals surface area contributed by atoms with Crippen LogP contribution < -0.4 is 10.9 Å². The average molecular weight is 375 g/mol. The molecule has 0 aliphatic carbocycles. The number of hydrogen-bond donors (Lipinski definition) is 1. The maximum Gasteiger partial charge on any atom is 0.297 e. The predicted molar refractivity (Wildman–Crippen MR) is 109 cm³/mol. The molecule has 2 heterocycles. The van der Waals surface area contributed by atoms with Crippen LogP contribution in [0.5, 0.6) is 0 Å². The van der Waals surface area contributed by atoms with E-state index in [1.54, 1.807) is 4.40 Å². The number of aromatic nitrogens is 4. The molecule has 0 saturated heterocycles. The van der Waals surface area contributed by atoms with Gasteiger partial charge in [-0.25, -0.2) is 0 Å². The summed E-state index contributed by atoms with van der Waals surface area (Å²) in [5, 5.41) is 11.1. The van der Waals surface area contributed by atoms with Gasteiger partial charge in [0.25, 0.3) is 5.56 Å². The van der Waals surface area contributed by atoms with E-state index in [9.17, 15) is 9.59 Å². The Morgan fingerprint density at radius 3 is 2.54 bits per heavy atom. The summed E-state index contributed by atoms with van der Waals surface area (Å²) in [7, 11) is 0. The molecule has 1 N–H and O–H groups in total. The van der Waals surface area contributed by atoms with Crippen molar-refractivity contribution in [3.8, 4) is 0 Å². The number of carbonyl (C=O) groups is 1. The molecule has 2 aromatic carbocycles. The van der Waals surface area contributed by atoms with Crippen LogP contribution in [-0.2, 0) is 24.2 Å². The Hall–Kier alpha value is -3.48. The van der Waals surface area contributed by atoms with Crippen LogP contribution in [0.1, 0.15) is 25.2 Å². The van der Waals surface area contributed by atoms with E-state index in [0.717, 1.165) is 29.0 Å². The van der Waals surface area contributed by atoms with E-state index in [0.29, 0.717) is 11.9 Å². The second-order valence-corrected chi connectivity index (χ2v) is 6.61. The van der Waals surface area contributed by atoms with Crippen molar-refractivity contribution in [3.05, 3.63) is 70.3 Å². The Bertz CT molecular complexity index is 1240. The lowest BCUT2D eigenvalue weighted by Crippen LogP contribution is -2.29. The van der Waals surface area contributed by atoms with Crippen LogP contribution in [0, 0.1) is 0 Å². The Kier molecular flexibility index (Phi) is 4.65. The number of carbonyl (C=O) groups excluding carboxylic acids is 1. The number of nitrogens with zero attached hydrogens (tertiary/aromatic N) is 4. The highest BCUT2D eigenvalue weighted by Gasteiger charge is 2.17. The highest BCUT2D eigenvalue weighted by molar-refractivity contribution is 5.91. The largest absolute Gasteiger partial charge is 0.325 e. The minimum absolute atomic E-state index is 0.0967. The first-order chi connectivity index (χ1) is 13.6. The van der Waals surface area contributed by atoms with Gasteiger partial charge in [-0.2, -0.15) is 0 Å². The van der Waals surface area contributed by atoms with Gasteiger partial charge in [0.2, 0.25) is 11.6 Å². The Morgan fingerprint density at radius 2 is 1.79 bits per heavy atom. The number of hydrogen-bond acceptors (Lipinski definition) is 4. The summed E-state index contributed by atoms with van der Waals surface area (Å²) in [6.07, 6.45) is 1.54. The van der Waals surface area contributed by atoms with Gasteiger partial charge in [-0.1, -0.05) is 38.1 Å². The molecule has 0 fully saturated rings. The number of amides is 1. The number of para-hydroxylation sites is 2. The highest BCUT2D eigenvalue weighted by atomic mass is 16.2. The second kappa shape index (κ2) is 7.26. The zero-order chi connectivity index (χ0) is 19.7. The third-order valence-electron chi connectivity index (χ3n) is 4.82. The molecule has 7 nitrogen and oxygen atoms in total. The molecular weight excluding hydrogens is 354 g/mol.